The Labute approximate surface area is 113 Å². The van der Waals surface area contributed by atoms with Crippen LogP contribution in [0.2, 0.25) is 5.02 Å². The van der Waals surface area contributed by atoms with Gasteiger partial charge in [0.1, 0.15) is 11.2 Å². The zero-order valence-electron chi connectivity index (χ0n) is 10.2. The van der Waals surface area contributed by atoms with Gasteiger partial charge in [-0.25, -0.2) is 9.67 Å². The minimum atomic E-state index is -0.162. The second kappa shape index (κ2) is 4.51. The summed E-state index contributed by atoms with van der Waals surface area (Å²) in [6.45, 7) is 2.30. The van der Waals surface area contributed by atoms with E-state index in [9.17, 15) is 4.79 Å². The molecule has 0 saturated heterocycles. The van der Waals surface area contributed by atoms with Crippen molar-refractivity contribution >= 4 is 22.6 Å². The largest absolute Gasteiger partial charge is 0.310 e. The fourth-order valence-electron chi connectivity index (χ4n) is 1.95. The summed E-state index contributed by atoms with van der Waals surface area (Å²) in [6.07, 6.45) is 1.54. The molecule has 2 heterocycles. The highest BCUT2D eigenvalue weighted by Gasteiger charge is 2.08. The fourth-order valence-corrected chi connectivity index (χ4v) is 2.08. The first-order valence-corrected chi connectivity index (χ1v) is 6.18. The molecule has 1 aromatic carbocycles. The predicted molar refractivity (Wildman–Crippen MR) is 73.4 cm³/mol. The molecule has 0 aliphatic rings. The number of hydrogen-bond acceptors (Lipinski definition) is 3. The number of halogens is 1. The molecule has 0 fully saturated rings. The number of benzene rings is 1. The minimum absolute atomic E-state index is 0.162. The molecule has 3 rings (SSSR count). The highest BCUT2D eigenvalue weighted by molar-refractivity contribution is 6.30. The van der Waals surface area contributed by atoms with Crippen molar-refractivity contribution in [3.63, 3.8) is 0 Å². The first-order chi connectivity index (χ1) is 9.13. The Kier molecular flexibility index (Phi) is 2.83. The van der Waals surface area contributed by atoms with E-state index in [4.69, 9.17) is 11.6 Å². The Hall–Kier alpha value is -2.14. The Morgan fingerprint density at radius 3 is 2.79 bits per heavy atom. The molecule has 0 bridgehead atoms. The summed E-state index contributed by atoms with van der Waals surface area (Å²) >= 11 is 5.85. The van der Waals surface area contributed by atoms with Crippen LogP contribution in [0.25, 0.3) is 11.0 Å². The molecule has 6 heteroatoms. The number of H-pyrrole nitrogens is 1. The van der Waals surface area contributed by atoms with Gasteiger partial charge in [0.05, 0.1) is 12.7 Å². The number of nitrogens with zero attached hydrogens (tertiary/aromatic N) is 3. The zero-order valence-corrected chi connectivity index (χ0v) is 11.0. The summed E-state index contributed by atoms with van der Waals surface area (Å²) in [7, 11) is 0. The number of nitrogens with one attached hydrogen (secondary N) is 1. The van der Waals surface area contributed by atoms with Gasteiger partial charge < -0.3 is 4.98 Å². The molecule has 0 aliphatic carbocycles. The molecule has 1 N–H and O–H groups in total. The molecule has 0 amide bonds. The molecule has 5 nitrogen and oxygen atoms in total. The van der Waals surface area contributed by atoms with Crippen molar-refractivity contribution in [2.45, 2.75) is 13.5 Å². The van der Waals surface area contributed by atoms with Gasteiger partial charge in [0.15, 0.2) is 5.65 Å². The summed E-state index contributed by atoms with van der Waals surface area (Å²) in [5.41, 5.74) is 1.48. The van der Waals surface area contributed by atoms with E-state index in [1.165, 1.54) is 6.20 Å². The maximum absolute atomic E-state index is 11.7. The predicted octanol–water partition coefficient (Wildman–Crippen LogP) is 2.13. The number of fused-ring (bicyclic) bond motifs is 1. The van der Waals surface area contributed by atoms with Crippen LogP contribution >= 0.6 is 11.6 Å². The molecule has 0 spiro atoms. The fraction of sp³-hybridized carbons (Fsp3) is 0.154. The van der Waals surface area contributed by atoms with Gasteiger partial charge in [0.2, 0.25) is 0 Å². The number of aryl methyl sites for hydroxylation is 1. The highest BCUT2D eigenvalue weighted by Crippen LogP contribution is 2.13. The molecule has 0 saturated carbocycles. The molecule has 0 atom stereocenters. The van der Waals surface area contributed by atoms with Gasteiger partial charge in [0, 0.05) is 5.02 Å². The van der Waals surface area contributed by atoms with Crippen molar-refractivity contribution in [2.75, 3.05) is 0 Å². The molecule has 0 radical (unpaired) electrons. The number of rotatable bonds is 2. The van der Waals surface area contributed by atoms with Crippen molar-refractivity contribution in [1.82, 2.24) is 19.7 Å². The lowest BCUT2D eigenvalue weighted by molar-refractivity contribution is 0.702. The molecule has 96 valence electrons. The van der Waals surface area contributed by atoms with E-state index in [1.807, 2.05) is 24.3 Å². The van der Waals surface area contributed by atoms with Crippen LogP contribution < -0.4 is 5.56 Å². The van der Waals surface area contributed by atoms with Crippen molar-refractivity contribution in [1.29, 1.82) is 0 Å². The summed E-state index contributed by atoms with van der Waals surface area (Å²) in [6, 6.07) is 7.51. The van der Waals surface area contributed by atoms with Crippen molar-refractivity contribution in [3.05, 3.63) is 57.2 Å². The lowest BCUT2D eigenvalue weighted by atomic mass is 10.2. The van der Waals surface area contributed by atoms with Gasteiger partial charge in [0.25, 0.3) is 5.56 Å². The first-order valence-electron chi connectivity index (χ1n) is 5.80. The van der Waals surface area contributed by atoms with E-state index in [-0.39, 0.29) is 5.56 Å². The highest BCUT2D eigenvalue weighted by atomic mass is 35.5. The van der Waals surface area contributed by atoms with Gasteiger partial charge >= 0.3 is 0 Å². The number of aromatic nitrogens is 4. The average Bonchev–Trinajstić information content (AvgIpc) is 2.76. The third kappa shape index (κ3) is 2.24. The van der Waals surface area contributed by atoms with Crippen LogP contribution in [0.4, 0.5) is 0 Å². The minimum Gasteiger partial charge on any atom is -0.310 e. The van der Waals surface area contributed by atoms with E-state index in [0.29, 0.717) is 28.4 Å². The maximum Gasteiger partial charge on any atom is 0.262 e. The second-order valence-electron chi connectivity index (χ2n) is 4.32. The molecule has 3 aromatic rings. The van der Waals surface area contributed by atoms with Crippen LogP contribution in [0, 0.1) is 6.92 Å². The second-order valence-corrected chi connectivity index (χ2v) is 4.75. The van der Waals surface area contributed by atoms with E-state index in [2.05, 4.69) is 15.1 Å². The van der Waals surface area contributed by atoms with Gasteiger partial charge in [-0.1, -0.05) is 23.7 Å². The van der Waals surface area contributed by atoms with Crippen molar-refractivity contribution in [2.24, 2.45) is 0 Å². The van der Waals surface area contributed by atoms with Crippen molar-refractivity contribution < 1.29 is 0 Å². The van der Waals surface area contributed by atoms with Crippen LogP contribution in [0.1, 0.15) is 11.4 Å². The summed E-state index contributed by atoms with van der Waals surface area (Å²) < 4.78 is 1.71. The third-order valence-electron chi connectivity index (χ3n) is 2.87. The normalized spacial score (nSPS) is 11.1. The van der Waals surface area contributed by atoms with Crippen LogP contribution in [-0.2, 0) is 6.54 Å². The van der Waals surface area contributed by atoms with E-state index < -0.39 is 0 Å². The lowest BCUT2D eigenvalue weighted by Crippen LogP contribution is -2.11. The smallest absolute Gasteiger partial charge is 0.262 e. The van der Waals surface area contributed by atoms with Crippen molar-refractivity contribution in [3.8, 4) is 0 Å². The van der Waals surface area contributed by atoms with Crippen LogP contribution in [0.15, 0.2) is 35.3 Å². The molecular formula is C13H11ClN4O. The van der Waals surface area contributed by atoms with Gasteiger partial charge in [-0.3, -0.25) is 4.79 Å². The summed E-state index contributed by atoms with van der Waals surface area (Å²) in [5.74, 6) is 0.579. The molecule has 0 aliphatic heterocycles. The van der Waals surface area contributed by atoms with Crippen LogP contribution in [0.3, 0.4) is 0 Å². The van der Waals surface area contributed by atoms with Gasteiger partial charge in [-0.2, -0.15) is 5.10 Å². The topological polar surface area (TPSA) is 63.6 Å². The summed E-state index contributed by atoms with van der Waals surface area (Å²) in [4.78, 5) is 18.7. The Morgan fingerprint density at radius 2 is 2.05 bits per heavy atom. The monoisotopic (exact) mass is 274 g/mol. The summed E-state index contributed by atoms with van der Waals surface area (Å²) in [5, 5.41) is 5.41. The lowest BCUT2D eigenvalue weighted by Gasteiger charge is -2.03. The molecular weight excluding hydrogens is 264 g/mol. The third-order valence-corrected chi connectivity index (χ3v) is 3.12. The molecule has 0 unspecified atom stereocenters. The first kappa shape index (κ1) is 11.9. The van der Waals surface area contributed by atoms with E-state index in [0.717, 1.165) is 5.56 Å². The molecule has 19 heavy (non-hydrogen) atoms. The molecule has 2 aromatic heterocycles. The Bertz CT molecular complexity index is 789. The number of hydrogen-bond donors (Lipinski definition) is 1. The Balaban J connectivity index is 2.06. The maximum atomic E-state index is 11.7. The number of aromatic amines is 1. The van der Waals surface area contributed by atoms with Crippen LogP contribution in [-0.4, -0.2) is 19.7 Å². The average molecular weight is 275 g/mol. The van der Waals surface area contributed by atoms with E-state index >= 15 is 0 Å². The SMILES string of the molecule is Cc1nc2c(cnn2Cc2ccc(Cl)cc2)c(=O)[nH]1. The Morgan fingerprint density at radius 1 is 1.32 bits per heavy atom. The zero-order chi connectivity index (χ0) is 13.4. The van der Waals surface area contributed by atoms with Gasteiger partial charge in [-0.15, -0.1) is 0 Å². The van der Waals surface area contributed by atoms with Crippen LogP contribution in [0.5, 0.6) is 0 Å². The van der Waals surface area contributed by atoms with Gasteiger partial charge in [-0.05, 0) is 24.6 Å². The quantitative estimate of drug-likeness (QED) is 0.779. The standard InChI is InChI=1S/C13H11ClN4O/c1-8-16-12-11(13(19)17-8)6-15-18(12)7-9-2-4-10(14)5-3-9/h2-6H,7H2,1H3,(H,16,17,19). The van der Waals surface area contributed by atoms with E-state index in [1.54, 1.807) is 11.6 Å².